The lowest BCUT2D eigenvalue weighted by Gasteiger charge is -2.27. The highest BCUT2D eigenvalue weighted by Crippen LogP contribution is 2.06. The van der Waals surface area contributed by atoms with Crippen molar-refractivity contribution < 1.29 is 38.7 Å². The first-order valence-electron chi connectivity index (χ1n) is 16.6. The molecule has 300 valence electrons. The summed E-state index contributed by atoms with van der Waals surface area (Å²) in [6.45, 7) is 4.22. The van der Waals surface area contributed by atoms with Crippen LogP contribution in [0, 0.1) is 16.2 Å². The molecule has 0 aromatic heterocycles. The lowest BCUT2D eigenvalue weighted by atomic mass is 10.0. The Labute approximate surface area is 312 Å². The third-order valence-corrected chi connectivity index (χ3v) is 7.58. The Kier molecular flexibility index (Phi) is 22.7. The van der Waals surface area contributed by atoms with Crippen molar-refractivity contribution in [3.8, 4) is 0 Å². The lowest BCUT2D eigenvalue weighted by Crippen LogP contribution is -2.59. The molecule has 0 rings (SSSR count). The van der Waals surface area contributed by atoms with Crippen LogP contribution in [0.25, 0.3) is 0 Å². The number of hydrogen-bond donors (Lipinski definition) is 17. The first-order valence-corrected chi connectivity index (χ1v) is 17.3. The largest absolute Gasteiger partial charge is 0.480 e. The van der Waals surface area contributed by atoms with Gasteiger partial charge in [0, 0.05) is 32.3 Å². The van der Waals surface area contributed by atoms with Crippen LogP contribution in [0.1, 0.15) is 59.3 Å². The van der Waals surface area contributed by atoms with Crippen molar-refractivity contribution in [3.63, 3.8) is 0 Å². The number of nitrogens with one attached hydrogen (secondary N) is 12. The monoisotopic (exact) mass is 773 g/mol. The van der Waals surface area contributed by atoms with Gasteiger partial charge in [0.05, 0.1) is 0 Å². The summed E-state index contributed by atoms with van der Waals surface area (Å²) in [5.74, 6) is -6.81. The molecule has 0 heterocycles. The number of amides is 6. The first-order chi connectivity index (χ1) is 24.8. The summed E-state index contributed by atoms with van der Waals surface area (Å²) in [5.41, 5.74) is 16.0. The Morgan fingerprint density at radius 3 is 1.19 bits per heavy atom. The van der Waals surface area contributed by atoms with Crippen LogP contribution in [0.3, 0.4) is 0 Å². The number of carboxylic acid groups (broad SMARTS) is 1. The van der Waals surface area contributed by atoms with E-state index in [0.717, 1.165) is 0 Å². The molecule has 0 spiro atoms. The van der Waals surface area contributed by atoms with Crippen molar-refractivity contribution in [2.75, 3.05) is 25.4 Å². The first kappa shape index (κ1) is 47.5. The molecular formula is C29H55N15O8S. The van der Waals surface area contributed by atoms with Gasteiger partial charge in [-0.25, -0.2) is 0 Å². The van der Waals surface area contributed by atoms with E-state index in [0.29, 0.717) is 0 Å². The highest BCUT2D eigenvalue weighted by Gasteiger charge is 2.31. The van der Waals surface area contributed by atoms with E-state index in [1.807, 2.05) is 0 Å². The van der Waals surface area contributed by atoms with Crippen LogP contribution >= 0.6 is 12.6 Å². The molecule has 0 saturated carbocycles. The van der Waals surface area contributed by atoms with Crippen LogP contribution in [-0.4, -0.2) is 126 Å². The van der Waals surface area contributed by atoms with Gasteiger partial charge in [0.15, 0.2) is 17.9 Å². The van der Waals surface area contributed by atoms with Gasteiger partial charge in [-0.15, -0.1) is 0 Å². The summed E-state index contributed by atoms with van der Waals surface area (Å²) in [4.78, 5) is 89.0. The second kappa shape index (κ2) is 25.4. The minimum Gasteiger partial charge on any atom is -0.480 e. The van der Waals surface area contributed by atoms with Gasteiger partial charge in [0.25, 0.3) is 0 Å². The van der Waals surface area contributed by atoms with Crippen molar-refractivity contribution in [1.82, 2.24) is 47.9 Å². The van der Waals surface area contributed by atoms with Crippen LogP contribution in [0.15, 0.2) is 0 Å². The van der Waals surface area contributed by atoms with E-state index < -0.39 is 77.7 Å². The van der Waals surface area contributed by atoms with Gasteiger partial charge in [0.1, 0.15) is 36.3 Å². The molecule has 0 aliphatic rings. The Bertz CT molecular complexity index is 1320. The number of nitrogens with two attached hydrogens (primary N) is 3. The van der Waals surface area contributed by atoms with E-state index in [2.05, 4.69) is 60.5 Å². The van der Waals surface area contributed by atoms with Gasteiger partial charge in [-0.1, -0.05) is 0 Å². The van der Waals surface area contributed by atoms with Crippen molar-refractivity contribution >= 4 is 71.9 Å². The van der Waals surface area contributed by atoms with Crippen LogP contribution < -0.4 is 65.1 Å². The lowest BCUT2D eigenvalue weighted by molar-refractivity contribution is -0.141. The second-order valence-electron chi connectivity index (χ2n) is 11.9. The summed E-state index contributed by atoms with van der Waals surface area (Å²) >= 11 is 4.05. The molecule has 6 atom stereocenters. The van der Waals surface area contributed by atoms with Crippen molar-refractivity contribution in [2.24, 2.45) is 17.2 Å². The molecule has 0 fully saturated rings. The number of hydrogen-bond acceptors (Lipinski definition) is 11. The quantitative estimate of drug-likeness (QED) is 0.0178. The molecule has 6 amide bonds. The number of aliphatic carboxylic acids is 1. The second-order valence-corrected chi connectivity index (χ2v) is 12.2. The Hall–Kier alpha value is -5.55. The summed E-state index contributed by atoms with van der Waals surface area (Å²) in [7, 11) is 0. The molecule has 24 heteroatoms. The molecular weight excluding hydrogens is 718 g/mol. The third kappa shape index (κ3) is 21.4. The van der Waals surface area contributed by atoms with Crippen LogP contribution in [0.5, 0.6) is 0 Å². The Morgan fingerprint density at radius 1 is 0.547 bits per heavy atom. The number of carbonyl (C=O) groups is 7. The van der Waals surface area contributed by atoms with Crippen molar-refractivity contribution in [1.29, 1.82) is 16.2 Å². The fraction of sp³-hybridized carbons (Fsp3) is 0.655. The molecule has 0 bridgehead atoms. The maximum absolute atomic E-state index is 13.7. The summed E-state index contributed by atoms with van der Waals surface area (Å²) in [6.07, 6.45) is 0.535. The summed E-state index contributed by atoms with van der Waals surface area (Å²) < 4.78 is 0. The highest BCUT2D eigenvalue weighted by molar-refractivity contribution is 7.80. The van der Waals surface area contributed by atoms with E-state index in [1.54, 1.807) is 0 Å². The van der Waals surface area contributed by atoms with E-state index in [1.165, 1.54) is 20.8 Å². The van der Waals surface area contributed by atoms with Gasteiger partial charge in [-0.05, 0) is 52.4 Å². The molecule has 0 radical (unpaired) electrons. The maximum Gasteiger partial charge on any atom is 0.325 e. The van der Waals surface area contributed by atoms with E-state index in [4.69, 9.17) is 33.4 Å². The molecule has 0 aromatic carbocycles. The van der Waals surface area contributed by atoms with Gasteiger partial charge >= 0.3 is 5.97 Å². The molecule has 0 aromatic rings. The minimum atomic E-state index is -1.32. The SMILES string of the molecule is CC(=O)N[C@H](CS)C(=O)N[C@H](C)C(=O)N[C@H](CCCNC(=N)N)C(=O)N[C@H](CCCNC(=N)N)C(=O)N[C@H](CCCNC(=N)N)C(=O)N[C@H](C)C(=O)O. The number of rotatable bonds is 25. The zero-order valence-corrected chi connectivity index (χ0v) is 30.9. The highest BCUT2D eigenvalue weighted by atomic mass is 32.1. The Balaban J connectivity index is 6.22. The average molecular weight is 774 g/mol. The fourth-order valence-electron chi connectivity index (χ4n) is 4.43. The zero-order chi connectivity index (χ0) is 40.7. The van der Waals surface area contributed by atoms with Gasteiger partial charge in [0.2, 0.25) is 35.4 Å². The topological polar surface area (TPSA) is 398 Å². The fourth-order valence-corrected chi connectivity index (χ4v) is 4.69. The number of carbonyl (C=O) groups excluding carboxylic acids is 6. The molecule has 0 saturated heterocycles. The van der Waals surface area contributed by atoms with Gasteiger partial charge in [-0.2, -0.15) is 12.6 Å². The summed E-state index contributed by atoms with van der Waals surface area (Å²) in [5, 5.41) is 53.8. The molecule has 0 unspecified atom stereocenters. The van der Waals surface area contributed by atoms with Crippen molar-refractivity contribution in [3.05, 3.63) is 0 Å². The number of guanidine groups is 3. The molecule has 0 aliphatic heterocycles. The van der Waals surface area contributed by atoms with Crippen LogP contribution in [0.4, 0.5) is 0 Å². The van der Waals surface area contributed by atoms with E-state index >= 15 is 0 Å². The zero-order valence-electron chi connectivity index (χ0n) is 30.0. The van der Waals surface area contributed by atoms with Crippen molar-refractivity contribution in [2.45, 2.75) is 95.5 Å². The Morgan fingerprint density at radius 2 is 0.868 bits per heavy atom. The summed E-state index contributed by atoms with van der Waals surface area (Å²) in [6, 6.07) is -7.41. The predicted octanol–water partition coefficient (Wildman–Crippen LogP) is -5.24. The number of thiol groups is 1. The smallest absolute Gasteiger partial charge is 0.325 e. The normalized spacial score (nSPS) is 13.9. The van der Waals surface area contributed by atoms with Gasteiger partial charge < -0.3 is 70.2 Å². The predicted molar refractivity (Wildman–Crippen MR) is 198 cm³/mol. The van der Waals surface area contributed by atoms with Crippen LogP contribution in [0.2, 0.25) is 0 Å². The molecule has 53 heavy (non-hydrogen) atoms. The molecule has 0 aliphatic carbocycles. The average Bonchev–Trinajstić information content (AvgIpc) is 3.06. The third-order valence-electron chi connectivity index (χ3n) is 7.21. The van der Waals surface area contributed by atoms with Gasteiger partial charge in [-0.3, -0.25) is 49.8 Å². The standard InChI is InChI=1S/C29H55N15O8S/c1-14(39-25(50)20(13-53)41-16(3)45)21(46)42-18(8-5-11-37-28(32)33)23(48)44-19(9-6-12-38-29(34)35)24(49)43-17(7-4-10-36-27(30)31)22(47)40-15(2)26(51)52/h14-15,17-20,53H,4-13H2,1-3H3,(H,39,50)(H,40,47)(H,41,45)(H,42,46)(H,43,49)(H,44,48)(H,51,52)(H4,30,31,36)(H4,32,33,37)(H4,34,35,38)/t14-,15-,17-,18-,19-,20-/m1/s1. The maximum atomic E-state index is 13.7. The van der Waals surface area contributed by atoms with E-state index in [9.17, 15) is 38.7 Å². The minimum absolute atomic E-state index is 0.0157. The number of carboxylic acids is 1. The van der Waals surface area contributed by atoms with E-state index in [-0.39, 0.29) is 81.8 Å². The molecule has 23 nitrogen and oxygen atoms in total. The van der Waals surface area contributed by atoms with Crippen LogP contribution in [-0.2, 0) is 33.6 Å². The molecule has 19 N–H and O–H groups in total.